The van der Waals surface area contributed by atoms with Crippen molar-refractivity contribution in [2.75, 3.05) is 0 Å². The fourth-order valence-electron chi connectivity index (χ4n) is 1.86. The molecule has 0 spiro atoms. The van der Waals surface area contributed by atoms with E-state index in [0.29, 0.717) is 0 Å². The van der Waals surface area contributed by atoms with Gasteiger partial charge in [-0.2, -0.15) is 0 Å². The zero-order valence-electron chi connectivity index (χ0n) is 7.94. The third-order valence-corrected chi connectivity index (χ3v) is 3.42. The molecule has 0 aliphatic rings. The summed E-state index contributed by atoms with van der Waals surface area (Å²) >= 11 is 1.61. The third-order valence-electron chi connectivity index (χ3n) is 2.55. The molecule has 1 aromatic heterocycles. The van der Waals surface area contributed by atoms with Crippen LogP contribution in [0.1, 0.15) is 0 Å². The summed E-state index contributed by atoms with van der Waals surface area (Å²) in [4.78, 5) is 11.8. The number of hydrogen-bond donors (Lipinski definition) is 0. The molecule has 0 bridgehead atoms. The van der Waals surface area contributed by atoms with Crippen molar-refractivity contribution in [3.63, 3.8) is 0 Å². The summed E-state index contributed by atoms with van der Waals surface area (Å²) in [6.07, 6.45) is 0. The molecule has 2 heteroatoms. The van der Waals surface area contributed by atoms with E-state index in [9.17, 15) is 4.79 Å². The van der Waals surface area contributed by atoms with Crippen molar-refractivity contribution < 1.29 is 0 Å². The van der Waals surface area contributed by atoms with Crippen LogP contribution in [0.5, 0.6) is 0 Å². The van der Waals surface area contributed by atoms with Crippen LogP contribution in [0.25, 0.3) is 20.9 Å². The fourth-order valence-corrected chi connectivity index (χ4v) is 2.67. The lowest BCUT2D eigenvalue weighted by Crippen LogP contribution is -1.97. The molecule has 3 rings (SSSR count). The molecule has 0 radical (unpaired) electrons. The first-order valence-corrected chi connectivity index (χ1v) is 5.63. The van der Waals surface area contributed by atoms with Crippen LogP contribution in [-0.2, 0) is 0 Å². The maximum Gasteiger partial charge on any atom is 0.188 e. The first kappa shape index (κ1) is 8.62. The lowest BCUT2D eigenvalue weighted by atomic mass is 10.1. The van der Waals surface area contributed by atoms with Crippen molar-refractivity contribution >= 4 is 32.2 Å². The number of benzene rings is 2. The van der Waals surface area contributed by atoms with Gasteiger partial charge in [-0.15, -0.1) is 11.3 Å². The molecule has 0 fully saturated rings. The Bertz CT molecular complexity index is 697. The van der Waals surface area contributed by atoms with Crippen LogP contribution in [-0.4, -0.2) is 0 Å². The van der Waals surface area contributed by atoms with E-state index < -0.39 is 0 Å². The Morgan fingerprint density at radius 2 is 1.80 bits per heavy atom. The predicted molar refractivity (Wildman–Crippen MR) is 65.6 cm³/mol. The molecule has 0 aliphatic heterocycles. The largest absolute Gasteiger partial charge is 0.289 e. The zero-order valence-corrected chi connectivity index (χ0v) is 8.75. The Hall–Kier alpha value is -1.67. The lowest BCUT2D eigenvalue weighted by Gasteiger charge is -2.00. The van der Waals surface area contributed by atoms with Crippen LogP contribution in [0.4, 0.5) is 0 Å². The van der Waals surface area contributed by atoms with Crippen LogP contribution in [0, 0.1) is 0 Å². The molecule has 0 N–H and O–H groups in total. The molecule has 0 aliphatic carbocycles. The number of hydrogen-bond acceptors (Lipinski definition) is 2. The second-order valence-electron chi connectivity index (χ2n) is 3.44. The average molecular weight is 212 g/mol. The standard InChI is InChI=1S/C13H8OS/c14-11-7-8-15-12-6-5-9-3-1-2-4-10(9)13(11)12/h1-8H. The summed E-state index contributed by atoms with van der Waals surface area (Å²) in [7, 11) is 0. The molecule has 2 aromatic carbocycles. The van der Waals surface area contributed by atoms with E-state index in [4.69, 9.17) is 0 Å². The molecule has 0 atom stereocenters. The second-order valence-corrected chi connectivity index (χ2v) is 4.39. The Labute approximate surface area is 90.6 Å². The molecule has 1 nitrogen and oxygen atoms in total. The van der Waals surface area contributed by atoms with Crippen LogP contribution >= 0.6 is 11.3 Å². The normalized spacial score (nSPS) is 10.9. The summed E-state index contributed by atoms with van der Waals surface area (Å²) in [5, 5.41) is 4.87. The zero-order chi connectivity index (χ0) is 10.3. The molecule has 0 amide bonds. The van der Waals surface area contributed by atoms with Crippen molar-refractivity contribution in [3.8, 4) is 0 Å². The van der Waals surface area contributed by atoms with Gasteiger partial charge in [-0.1, -0.05) is 30.3 Å². The Kier molecular flexibility index (Phi) is 1.82. The molecule has 0 unspecified atom stereocenters. The maximum atomic E-state index is 11.8. The van der Waals surface area contributed by atoms with E-state index in [-0.39, 0.29) is 5.43 Å². The van der Waals surface area contributed by atoms with E-state index in [1.165, 1.54) is 0 Å². The van der Waals surface area contributed by atoms with E-state index >= 15 is 0 Å². The molecule has 72 valence electrons. The quantitative estimate of drug-likeness (QED) is 0.522. The van der Waals surface area contributed by atoms with E-state index in [1.54, 1.807) is 17.4 Å². The van der Waals surface area contributed by atoms with E-state index in [1.807, 2.05) is 35.7 Å². The number of fused-ring (bicyclic) bond motifs is 3. The van der Waals surface area contributed by atoms with Crippen LogP contribution < -0.4 is 5.43 Å². The second kappa shape index (κ2) is 3.17. The van der Waals surface area contributed by atoms with Gasteiger partial charge in [-0.05, 0) is 28.3 Å². The van der Waals surface area contributed by atoms with Crippen LogP contribution in [0.3, 0.4) is 0 Å². The highest BCUT2D eigenvalue weighted by Gasteiger charge is 2.02. The molecular formula is C13H8OS. The third kappa shape index (κ3) is 1.26. The van der Waals surface area contributed by atoms with Gasteiger partial charge in [-0.3, -0.25) is 4.79 Å². The molecular weight excluding hydrogens is 204 g/mol. The minimum atomic E-state index is 0.112. The Morgan fingerprint density at radius 1 is 0.933 bits per heavy atom. The van der Waals surface area contributed by atoms with Gasteiger partial charge in [0.2, 0.25) is 0 Å². The topological polar surface area (TPSA) is 17.1 Å². The summed E-state index contributed by atoms with van der Waals surface area (Å²) in [5.41, 5.74) is 0.112. The van der Waals surface area contributed by atoms with Gasteiger partial charge < -0.3 is 0 Å². The van der Waals surface area contributed by atoms with Gasteiger partial charge in [0, 0.05) is 10.1 Å². The maximum absolute atomic E-state index is 11.8. The van der Waals surface area contributed by atoms with Crippen molar-refractivity contribution in [2.24, 2.45) is 0 Å². The molecule has 3 aromatic rings. The summed E-state index contributed by atoms with van der Waals surface area (Å²) < 4.78 is 1.06. The first-order valence-electron chi connectivity index (χ1n) is 4.75. The summed E-state index contributed by atoms with van der Waals surface area (Å²) in [6, 6.07) is 13.7. The van der Waals surface area contributed by atoms with Gasteiger partial charge in [-0.25, -0.2) is 0 Å². The smallest absolute Gasteiger partial charge is 0.188 e. The van der Waals surface area contributed by atoms with Gasteiger partial charge in [0.05, 0.1) is 0 Å². The van der Waals surface area contributed by atoms with Crippen molar-refractivity contribution in [1.82, 2.24) is 0 Å². The highest BCUT2D eigenvalue weighted by Crippen LogP contribution is 2.24. The molecule has 1 heterocycles. The highest BCUT2D eigenvalue weighted by atomic mass is 32.1. The average Bonchev–Trinajstić information content (AvgIpc) is 2.29. The lowest BCUT2D eigenvalue weighted by molar-refractivity contribution is 1.74. The fraction of sp³-hybridized carbons (Fsp3) is 0. The monoisotopic (exact) mass is 212 g/mol. The SMILES string of the molecule is O=c1ccsc2ccc3ccccc3c12. The predicted octanol–water partition coefficient (Wildman–Crippen LogP) is 3.41. The van der Waals surface area contributed by atoms with Gasteiger partial charge in [0.1, 0.15) is 0 Å². The van der Waals surface area contributed by atoms with Crippen molar-refractivity contribution in [1.29, 1.82) is 0 Å². The minimum absolute atomic E-state index is 0.112. The Balaban J connectivity index is 2.70. The first-order chi connectivity index (χ1) is 7.36. The van der Waals surface area contributed by atoms with E-state index in [0.717, 1.165) is 20.9 Å². The summed E-state index contributed by atoms with van der Waals surface area (Å²) in [5.74, 6) is 0. The minimum Gasteiger partial charge on any atom is -0.289 e. The van der Waals surface area contributed by atoms with Crippen molar-refractivity contribution in [2.45, 2.75) is 0 Å². The van der Waals surface area contributed by atoms with Gasteiger partial charge in [0.25, 0.3) is 0 Å². The molecule has 15 heavy (non-hydrogen) atoms. The highest BCUT2D eigenvalue weighted by molar-refractivity contribution is 7.16. The molecule has 0 saturated heterocycles. The Morgan fingerprint density at radius 3 is 2.73 bits per heavy atom. The summed E-state index contributed by atoms with van der Waals surface area (Å²) in [6.45, 7) is 0. The van der Waals surface area contributed by atoms with Crippen molar-refractivity contribution in [3.05, 3.63) is 58.1 Å². The van der Waals surface area contributed by atoms with Crippen LogP contribution in [0.2, 0.25) is 0 Å². The molecule has 0 saturated carbocycles. The van der Waals surface area contributed by atoms with Crippen LogP contribution in [0.15, 0.2) is 52.6 Å². The van der Waals surface area contributed by atoms with Gasteiger partial charge >= 0.3 is 0 Å². The van der Waals surface area contributed by atoms with E-state index in [2.05, 4.69) is 6.07 Å². The number of rotatable bonds is 0. The van der Waals surface area contributed by atoms with Gasteiger partial charge in [0.15, 0.2) is 5.43 Å².